The highest BCUT2D eigenvalue weighted by Gasteiger charge is 2.31. The third kappa shape index (κ3) is 3.90. The fraction of sp³-hybridized carbons (Fsp3) is 0.357. The number of aromatic nitrogens is 3. The van der Waals surface area contributed by atoms with Crippen LogP contribution in [0.25, 0.3) is 0 Å². The summed E-state index contributed by atoms with van der Waals surface area (Å²) in [4.78, 5) is 14.1. The van der Waals surface area contributed by atoms with E-state index in [9.17, 15) is 13.2 Å². The van der Waals surface area contributed by atoms with Crippen LogP contribution in [0.4, 0.5) is 19.1 Å². The Hall–Kier alpha value is -1.90. The molecule has 0 radical (unpaired) electrons. The number of alkyl halides is 3. The lowest BCUT2D eigenvalue weighted by Gasteiger charge is -2.16. The van der Waals surface area contributed by atoms with Gasteiger partial charge in [-0.3, -0.25) is 0 Å². The van der Waals surface area contributed by atoms with Gasteiger partial charge in [0.25, 0.3) is 0 Å². The van der Waals surface area contributed by atoms with Crippen LogP contribution in [0, 0.1) is 0 Å². The van der Waals surface area contributed by atoms with E-state index in [4.69, 9.17) is 4.74 Å². The minimum Gasteiger partial charge on any atom is -0.472 e. The lowest BCUT2D eigenvalue weighted by atomic mass is 10.3. The maximum atomic E-state index is 12.5. The molecule has 3 rings (SSSR count). The van der Waals surface area contributed by atoms with Crippen molar-refractivity contribution in [2.45, 2.75) is 18.7 Å². The van der Waals surface area contributed by atoms with Crippen molar-refractivity contribution in [3.05, 3.63) is 40.8 Å². The summed E-state index contributed by atoms with van der Waals surface area (Å²) in [6.45, 7) is 1.28. The van der Waals surface area contributed by atoms with Gasteiger partial charge >= 0.3 is 6.18 Å². The van der Waals surface area contributed by atoms with E-state index in [0.29, 0.717) is 19.0 Å². The third-order valence-corrected chi connectivity index (χ3v) is 3.80. The molecule has 23 heavy (non-hydrogen) atoms. The summed E-state index contributed by atoms with van der Waals surface area (Å²) in [5.41, 5.74) is -0.791. The number of rotatable bonds is 3. The predicted molar refractivity (Wildman–Crippen MR) is 80.2 cm³/mol. The van der Waals surface area contributed by atoms with Crippen LogP contribution in [0.2, 0.25) is 0 Å². The Balaban J connectivity index is 1.60. The molecule has 2 aromatic heterocycles. The molecule has 3 heterocycles. The van der Waals surface area contributed by atoms with Gasteiger partial charge in [-0.05, 0) is 22.0 Å². The number of hydrogen-bond acceptors (Lipinski definition) is 5. The molecule has 0 spiro atoms. The number of anilines is 1. The Morgan fingerprint density at radius 2 is 1.87 bits per heavy atom. The first-order valence-electron chi connectivity index (χ1n) is 6.84. The Morgan fingerprint density at radius 1 is 1.13 bits per heavy atom. The molecule has 1 unspecified atom stereocenters. The van der Waals surface area contributed by atoms with E-state index in [1.165, 1.54) is 6.07 Å². The maximum absolute atomic E-state index is 12.5. The van der Waals surface area contributed by atoms with E-state index >= 15 is 0 Å². The molecule has 0 aromatic carbocycles. The van der Waals surface area contributed by atoms with Crippen molar-refractivity contribution in [1.82, 2.24) is 15.0 Å². The van der Waals surface area contributed by atoms with Crippen LogP contribution in [0.3, 0.4) is 0 Å². The van der Waals surface area contributed by atoms with Crippen LogP contribution in [-0.2, 0) is 6.18 Å². The third-order valence-electron chi connectivity index (χ3n) is 3.39. The largest absolute Gasteiger partial charge is 0.472 e. The summed E-state index contributed by atoms with van der Waals surface area (Å²) in [7, 11) is 0. The SMILES string of the molecule is FC(F)(F)c1ccc(OC2CCN(c3ncc(Br)cn3)C2)nc1. The zero-order valence-electron chi connectivity index (χ0n) is 11.8. The van der Waals surface area contributed by atoms with Crippen LogP contribution in [0.1, 0.15) is 12.0 Å². The van der Waals surface area contributed by atoms with E-state index in [-0.39, 0.29) is 12.0 Å². The first-order chi connectivity index (χ1) is 10.9. The fourth-order valence-electron chi connectivity index (χ4n) is 2.26. The lowest BCUT2D eigenvalue weighted by molar-refractivity contribution is -0.137. The average molecular weight is 389 g/mol. The van der Waals surface area contributed by atoms with Crippen molar-refractivity contribution in [2.75, 3.05) is 18.0 Å². The summed E-state index contributed by atoms with van der Waals surface area (Å²) in [6, 6.07) is 2.20. The van der Waals surface area contributed by atoms with Crippen LogP contribution in [-0.4, -0.2) is 34.1 Å². The molecule has 122 valence electrons. The molecule has 0 aliphatic carbocycles. The monoisotopic (exact) mass is 388 g/mol. The van der Waals surface area contributed by atoms with Gasteiger partial charge in [-0.15, -0.1) is 0 Å². The van der Waals surface area contributed by atoms with Gasteiger partial charge in [0.15, 0.2) is 0 Å². The number of halogens is 4. The van der Waals surface area contributed by atoms with Crippen LogP contribution >= 0.6 is 15.9 Å². The van der Waals surface area contributed by atoms with Crippen molar-refractivity contribution in [3.63, 3.8) is 0 Å². The zero-order chi connectivity index (χ0) is 16.4. The number of nitrogens with zero attached hydrogens (tertiary/aromatic N) is 4. The second-order valence-corrected chi connectivity index (χ2v) is 5.97. The van der Waals surface area contributed by atoms with Crippen LogP contribution in [0.5, 0.6) is 5.88 Å². The van der Waals surface area contributed by atoms with Gasteiger partial charge < -0.3 is 9.64 Å². The topological polar surface area (TPSA) is 51.1 Å². The molecule has 2 aromatic rings. The summed E-state index contributed by atoms with van der Waals surface area (Å²) >= 11 is 3.27. The van der Waals surface area contributed by atoms with Crippen molar-refractivity contribution in [1.29, 1.82) is 0 Å². The van der Waals surface area contributed by atoms with Gasteiger partial charge in [-0.25, -0.2) is 15.0 Å². The number of hydrogen-bond donors (Lipinski definition) is 0. The van der Waals surface area contributed by atoms with Crippen molar-refractivity contribution >= 4 is 21.9 Å². The Bertz CT molecular complexity index is 663. The van der Waals surface area contributed by atoms with Gasteiger partial charge in [0.1, 0.15) is 6.10 Å². The highest BCUT2D eigenvalue weighted by molar-refractivity contribution is 9.10. The van der Waals surface area contributed by atoms with Gasteiger partial charge in [-0.1, -0.05) is 0 Å². The van der Waals surface area contributed by atoms with Gasteiger partial charge in [0.05, 0.1) is 16.6 Å². The van der Waals surface area contributed by atoms with Crippen molar-refractivity contribution < 1.29 is 17.9 Å². The van der Waals surface area contributed by atoms with Gasteiger partial charge in [0.2, 0.25) is 11.8 Å². The molecule has 1 aliphatic heterocycles. The Morgan fingerprint density at radius 3 is 2.48 bits per heavy atom. The van der Waals surface area contributed by atoms with Gasteiger partial charge in [-0.2, -0.15) is 13.2 Å². The second kappa shape index (κ2) is 6.31. The first-order valence-corrected chi connectivity index (χ1v) is 7.63. The lowest BCUT2D eigenvalue weighted by Crippen LogP contribution is -2.26. The molecule has 1 fully saturated rings. The number of pyridine rings is 1. The highest BCUT2D eigenvalue weighted by atomic mass is 79.9. The Kier molecular flexibility index (Phi) is 4.38. The van der Waals surface area contributed by atoms with Crippen LogP contribution < -0.4 is 9.64 Å². The molecule has 5 nitrogen and oxygen atoms in total. The standard InChI is InChI=1S/C14H12BrF3N4O/c15-10-6-20-13(21-7-10)22-4-3-11(8-22)23-12-2-1-9(5-19-12)14(16,17)18/h1-2,5-7,11H,3-4,8H2. The molecular formula is C14H12BrF3N4O. The highest BCUT2D eigenvalue weighted by Crippen LogP contribution is 2.29. The molecule has 9 heteroatoms. The molecular weight excluding hydrogens is 377 g/mol. The number of ether oxygens (including phenoxy) is 1. The summed E-state index contributed by atoms with van der Waals surface area (Å²) < 4.78 is 43.9. The van der Waals surface area contributed by atoms with Crippen molar-refractivity contribution in [2.24, 2.45) is 0 Å². The summed E-state index contributed by atoms with van der Waals surface area (Å²) in [5.74, 6) is 0.779. The Labute approximate surface area is 138 Å². The minimum atomic E-state index is -4.39. The molecule has 1 saturated heterocycles. The van der Waals surface area contributed by atoms with E-state index in [2.05, 4.69) is 30.9 Å². The maximum Gasteiger partial charge on any atom is 0.417 e. The van der Waals surface area contributed by atoms with E-state index in [1.54, 1.807) is 12.4 Å². The average Bonchev–Trinajstić information content (AvgIpc) is 2.96. The summed E-state index contributed by atoms with van der Waals surface area (Å²) in [5, 5.41) is 0. The van der Waals surface area contributed by atoms with E-state index in [0.717, 1.165) is 23.2 Å². The predicted octanol–water partition coefficient (Wildman–Crippen LogP) is 3.31. The van der Waals surface area contributed by atoms with Gasteiger partial charge in [0, 0.05) is 37.6 Å². The molecule has 1 atom stereocenters. The van der Waals surface area contributed by atoms with Crippen LogP contribution in [0.15, 0.2) is 35.2 Å². The van der Waals surface area contributed by atoms with Crippen molar-refractivity contribution in [3.8, 4) is 5.88 Å². The molecule has 0 amide bonds. The van der Waals surface area contributed by atoms with E-state index < -0.39 is 11.7 Å². The molecule has 0 bridgehead atoms. The molecule has 0 N–H and O–H groups in total. The molecule has 1 aliphatic rings. The second-order valence-electron chi connectivity index (χ2n) is 5.06. The first kappa shape index (κ1) is 16.0. The smallest absolute Gasteiger partial charge is 0.417 e. The molecule has 0 saturated carbocycles. The minimum absolute atomic E-state index is 0.161. The fourth-order valence-corrected chi connectivity index (χ4v) is 2.47. The summed E-state index contributed by atoms with van der Waals surface area (Å²) in [6.07, 6.45) is 0.268. The normalized spacial score (nSPS) is 18.3. The zero-order valence-corrected chi connectivity index (χ0v) is 13.4. The quantitative estimate of drug-likeness (QED) is 0.807. The van der Waals surface area contributed by atoms with E-state index in [1.807, 2.05) is 4.90 Å².